The van der Waals surface area contributed by atoms with E-state index in [1.54, 1.807) is 25.3 Å². The van der Waals surface area contributed by atoms with Crippen LogP contribution < -0.4 is 26.4 Å². The lowest BCUT2D eigenvalue weighted by atomic mass is 10.00. The third-order valence-electron chi connectivity index (χ3n) is 6.20. The number of methoxy groups -OCH3 is 1. The molecule has 2 amide bonds. The van der Waals surface area contributed by atoms with Gasteiger partial charge in [-0.3, -0.25) is 14.6 Å². The van der Waals surface area contributed by atoms with E-state index in [2.05, 4.69) is 16.0 Å². The van der Waals surface area contributed by atoms with E-state index in [9.17, 15) is 19.8 Å². The van der Waals surface area contributed by atoms with Gasteiger partial charge in [0.15, 0.2) is 11.5 Å². The summed E-state index contributed by atoms with van der Waals surface area (Å²) < 4.78 is 5.41. The number of phenols is 2. The number of benzodiazepines with no additional fused rings is 1. The number of phenolic OH excluding ortho intramolecular Hbond substituents is 2. The van der Waals surface area contributed by atoms with Gasteiger partial charge in [0, 0.05) is 34.9 Å². The second-order valence-corrected chi connectivity index (χ2v) is 9.47. The van der Waals surface area contributed by atoms with Crippen molar-refractivity contribution in [1.29, 1.82) is 0 Å². The molecule has 0 saturated carbocycles. The van der Waals surface area contributed by atoms with E-state index in [0.717, 1.165) is 16.8 Å². The number of nitrogens with one attached hydrogen (secondary N) is 3. The minimum absolute atomic E-state index is 0.0249. The maximum absolute atomic E-state index is 12.8. The fourth-order valence-corrected chi connectivity index (χ4v) is 4.29. The lowest BCUT2D eigenvalue weighted by molar-refractivity contribution is -0.122. The molecule has 1 aliphatic heterocycles. The summed E-state index contributed by atoms with van der Waals surface area (Å²) in [6, 6.07) is 16.5. The van der Waals surface area contributed by atoms with Gasteiger partial charge in [-0.15, -0.1) is 0 Å². The number of nitrogens with two attached hydrogens (primary N) is 1. The number of fused-ring (bicyclic) bond motifs is 1. The highest BCUT2D eigenvalue weighted by atomic mass is 35.5. The molecule has 11 heteroatoms. The maximum atomic E-state index is 12.8. The third-order valence-corrected chi connectivity index (χ3v) is 6.45. The van der Waals surface area contributed by atoms with Crippen LogP contribution in [0, 0.1) is 0 Å². The van der Waals surface area contributed by atoms with E-state index < -0.39 is 12.2 Å². The summed E-state index contributed by atoms with van der Waals surface area (Å²) in [6.07, 6.45) is -0.580. The van der Waals surface area contributed by atoms with E-state index in [4.69, 9.17) is 27.1 Å². The Morgan fingerprint density at radius 2 is 1.72 bits per heavy atom. The molecule has 204 valence electrons. The van der Waals surface area contributed by atoms with Gasteiger partial charge in [0.1, 0.15) is 5.75 Å². The highest BCUT2D eigenvalue weighted by Crippen LogP contribution is 2.30. The molecule has 10 nitrogen and oxygen atoms in total. The molecule has 0 radical (unpaired) electrons. The summed E-state index contributed by atoms with van der Waals surface area (Å²) >= 11 is 6.09. The zero-order chi connectivity index (χ0) is 27.9. The molecular formula is C28H30ClN5O5. The smallest absolute Gasteiger partial charge is 0.224 e. The van der Waals surface area contributed by atoms with Crippen LogP contribution in [0.1, 0.15) is 23.1 Å². The first-order valence-corrected chi connectivity index (χ1v) is 12.7. The number of rotatable bonds is 9. The standard InChI is InChI=1S/C28H30ClN5O5/c1-39-19-7-8-21-20(14-19)27(17-3-5-18(29)6-4-17)33-22(28(30)34-21)15-26(38)32-11-10-31-25(37)13-16-2-9-23(35)24(36)12-16/h2-9,12,14,22,28,34-36H,10-11,13,15,30H2,1H3,(H,31,37)(H,32,38)/t22-,28?/m0/s1. The van der Waals surface area contributed by atoms with E-state index in [-0.39, 0.29) is 49.2 Å². The first-order valence-electron chi connectivity index (χ1n) is 12.3. The van der Waals surface area contributed by atoms with Gasteiger partial charge in [0.05, 0.1) is 37.9 Å². The molecule has 39 heavy (non-hydrogen) atoms. The third kappa shape index (κ3) is 7.18. The van der Waals surface area contributed by atoms with Gasteiger partial charge in [0.25, 0.3) is 0 Å². The van der Waals surface area contributed by atoms with Gasteiger partial charge in [-0.2, -0.15) is 0 Å². The average molecular weight is 552 g/mol. The molecule has 0 saturated heterocycles. The molecule has 2 atom stereocenters. The molecule has 3 aromatic carbocycles. The number of nitrogens with zero attached hydrogens (tertiary/aromatic N) is 1. The van der Waals surface area contributed by atoms with Crippen molar-refractivity contribution in [2.45, 2.75) is 25.0 Å². The van der Waals surface area contributed by atoms with Crippen LogP contribution in [0.25, 0.3) is 0 Å². The Hall–Kier alpha value is -4.28. The molecule has 0 bridgehead atoms. The van der Waals surface area contributed by atoms with Crippen LogP contribution in [0.2, 0.25) is 5.02 Å². The number of benzene rings is 3. The Labute approximate surface area is 230 Å². The highest BCUT2D eigenvalue weighted by molar-refractivity contribution is 6.30. The van der Waals surface area contributed by atoms with Gasteiger partial charge >= 0.3 is 0 Å². The number of ether oxygens (including phenoxy) is 1. The molecule has 0 aliphatic carbocycles. The van der Waals surface area contributed by atoms with Gasteiger partial charge < -0.3 is 36.6 Å². The summed E-state index contributed by atoms with van der Waals surface area (Å²) in [4.78, 5) is 29.8. The summed E-state index contributed by atoms with van der Waals surface area (Å²) in [5, 5.41) is 28.3. The van der Waals surface area contributed by atoms with Crippen LogP contribution in [0.15, 0.2) is 65.7 Å². The number of aromatic hydroxyl groups is 2. The maximum Gasteiger partial charge on any atom is 0.224 e. The molecule has 0 spiro atoms. The Morgan fingerprint density at radius 3 is 2.41 bits per heavy atom. The first-order chi connectivity index (χ1) is 18.7. The van der Waals surface area contributed by atoms with E-state index in [1.807, 2.05) is 30.3 Å². The van der Waals surface area contributed by atoms with Gasteiger partial charge in [0.2, 0.25) is 11.8 Å². The van der Waals surface area contributed by atoms with Crippen molar-refractivity contribution < 1.29 is 24.5 Å². The van der Waals surface area contributed by atoms with Crippen LogP contribution in [0.5, 0.6) is 17.2 Å². The minimum atomic E-state index is -0.630. The van der Waals surface area contributed by atoms with E-state index in [0.29, 0.717) is 22.0 Å². The summed E-state index contributed by atoms with van der Waals surface area (Å²) in [7, 11) is 1.59. The van der Waals surface area contributed by atoms with Crippen LogP contribution in [0.3, 0.4) is 0 Å². The number of carbonyl (C=O) groups is 2. The predicted octanol–water partition coefficient (Wildman–Crippen LogP) is 2.54. The molecule has 7 N–H and O–H groups in total. The number of halogens is 1. The summed E-state index contributed by atoms with van der Waals surface area (Å²) in [5.41, 5.74) is 10.0. The van der Waals surface area contributed by atoms with Crippen molar-refractivity contribution in [1.82, 2.24) is 10.6 Å². The molecular weight excluding hydrogens is 522 g/mol. The van der Waals surface area contributed by atoms with Gasteiger partial charge in [-0.05, 0) is 48.0 Å². The fourth-order valence-electron chi connectivity index (χ4n) is 4.17. The number of carbonyl (C=O) groups excluding carboxylic acids is 2. The second kappa shape index (κ2) is 12.5. The SMILES string of the molecule is COc1ccc2c(c1)C(c1ccc(Cl)cc1)=N[C@@H](CC(=O)NCCNC(=O)Cc1ccc(O)c(O)c1)C(N)N2. The number of hydrogen-bond donors (Lipinski definition) is 6. The van der Waals surface area contributed by atoms with E-state index >= 15 is 0 Å². The Kier molecular flexibility index (Phi) is 8.90. The molecule has 0 aromatic heterocycles. The van der Waals surface area contributed by atoms with Crippen molar-refractivity contribution in [3.8, 4) is 17.2 Å². The normalized spacial score (nSPS) is 16.2. The van der Waals surface area contributed by atoms with Crippen molar-refractivity contribution in [3.05, 3.63) is 82.4 Å². The van der Waals surface area contributed by atoms with Crippen LogP contribution in [0.4, 0.5) is 5.69 Å². The first kappa shape index (κ1) is 27.7. The largest absolute Gasteiger partial charge is 0.504 e. The van der Waals surface area contributed by atoms with Crippen LogP contribution in [-0.2, 0) is 16.0 Å². The van der Waals surface area contributed by atoms with Gasteiger partial charge in [-0.25, -0.2) is 0 Å². The summed E-state index contributed by atoms with van der Waals surface area (Å²) in [6.45, 7) is 0.431. The molecule has 4 rings (SSSR count). The van der Waals surface area contributed by atoms with Gasteiger partial charge in [-0.1, -0.05) is 29.8 Å². The monoisotopic (exact) mass is 551 g/mol. The second-order valence-electron chi connectivity index (χ2n) is 9.04. The minimum Gasteiger partial charge on any atom is -0.504 e. The Morgan fingerprint density at radius 1 is 1.00 bits per heavy atom. The van der Waals surface area contributed by atoms with Crippen molar-refractivity contribution in [2.75, 3.05) is 25.5 Å². The molecule has 3 aromatic rings. The zero-order valence-corrected chi connectivity index (χ0v) is 22.0. The average Bonchev–Trinajstić information content (AvgIpc) is 3.05. The van der Waals surface area contributed by atoms with E-state index in [1.165, 1.54) is 12.1 Å². The quantitative estimate of drug-likeness (QED) is 0.176. The topological polar surface area (TPSA) is 158 Å². The lowest BCUT2D eigenvalue weighted by Gasteiger charge is -2.20. The fraction of sp³-hybridized carbons (Fsp3) is 0.250. The number of amides is 2. The highest BCUT2D eigenvalue weighted by Gasteiger charge is 2.27. The van der Waals surface area contributed by atoms with Crippen molar-refractivity contribution in [2.24, 2.45) is 10.7 Å². The summed E-state index contributed by atoms with van der Waals surface area (Å²) in [5.74, 6) is -0.430. The molecule has 1 heterocycles. The molecule has 1 unspecified atom stereocenters. The number of aliphatic imine (C=N–C) groups is 1. The van der Waals surface area contributed by atoms with Crippen LogP contribution >= 0.6 is 11.6 Å². The predicted molar refractivity (Wildman–Crippen MR) is 150 cm³/mol. The Balaban J connectivity index is 1.39. The number of anilines is 1. The van der Waals surface area contributed by atoms with Crippen molar-refractivity contribution >= 4 is 34.8 Å². The zero-order valence-electron chi connectivity index (χ0n) is 21.3. The number of hydrogen-bond acceptors (Lipinski definition) is 8. The molecule has 0 fully saturated rings. The molecule has 1 aliphatic rings. The van der Waals surface area contributed by atoms with Crippen LogP contribution in [-0.4, -0.2) is 60.1 Å². The van der Waals surface area contributed by atoms with Crippen molar-refractivity contribution in [3.63, 3.8) is 0 Å². The lowest BCUT2D eigenvalue weighted by Crippen LogP contribution is -2.43. The Bertz CT molecular complexity index is 1380.